The standard InChI is InChI=1S/C20H30N4O3/c1-2-27-20(26)24-12-10-16(11-13-24)22-18-9-8-17(14-21-18)23-19(25)15-6-4-3-5-7-15/h8-9,14-16H,2-7,10-13H2,1H3,(H,21,22)(H,23,25). The van der Waals surface area contributed by atoms with Gasteiger partial charge in [-0.05, 0) is 44.7 Å². The largest absolute Gasteiger partial charge is 0.450 e. The quantitative estimate of drug-likeness (QED) is 0.822. The molecule has 1 aliphatic heterocycles. The fourth-order valence-corrected chi connectivity index (χ4v) is 3.79. The van der Waals surface area contributed by atoms with E-state index in [9.17, 15) is 9.59 Å². The Balaban J connectivity index is 1.44. The van der Waals surface area contributed by atoms with Crippen molar-refractivity contribution in [3.05, 3.63) is 18.3 Å². The van der Waals surface area contributed by atoms with E-state index in [-0.39, 0.29) is 24.0 Å². The van der Waals surface area contributed by atoms with Crippen LogP contribution in [-0.4, -0.2) is 47.6 Å². The number of pyridine rings is 1. The van der Waals surface area contributed by atoms with Crippen LogP contribution in [0.3, 0.4) is 0 Å². The number of hydrogen-bond acceptors (Lipinski definition) is 5. The molecular weight excluding hydrogens is 344 g/mol. The predicted octanol–water partition coefficient (Wildman–Crippen LogP) is 3.63. The minimum Gasteiger partial charge on any atom is -0.450 e. The minimum atomic E-state index is -0.230. The molecule has 0 atom stereocenters. The van der Waals surface area contributed by atoms with Gasteiger partial charge in [-0.2, -0.15) is 0 Å². The molecule has 2 fully saturated rings. The molecule has 0 bridgehead atoms. The van der Waals surface area contributed by atoms with E-state index in [4.69, 9.17) is 4.74 Å². The second-order valence-corrected chi connectivity index (χ2v) is 7.36. The van der Waals surface area contributed by atoms with Crippen molar-refractivity contribution >= 4 is 23.5 Å². The van der Waals surface area contributed by atoms with Gasteiger partial charge in [-0.25, -0.2) is 9.78 Å². The van der Waals surface area contributed by atoms with Gasteiger partial charge in [0.05, 0.1) is 18.5 Å². The number of nitrogens with zero attached hydrogens (tertiary/aromatic N) is 2. The molecule has 2 aliphatic rings. The van der Waals surface area contributed by atoms with Crippen LogP contribution < -0.4 is 10.6 Å². The van der Waals surface area contributed by atoms with Crippen molar-refractivity contribution < 1.29 is 14.3 Å². The van der Waals surface area contributed by atoms with E-state index >= 15 is 0 Å². The van der Waals surface area contributed by atoms with Gasteiger partial charge in [0.15, 0.2) is 0 Å². The van der Waals surface area contributed by atoms with Crippen LogP contribution in [-0.2, 0) is 9.53 Å². The first-order valence-electron chi connectivity index (χ1n) is 10.1. The highest BCUT2D eigenvalue weighted by molar-refractivity contribution is 5.92. The predicted molar refractivity (Wildman–Crippen MR) is 105 cm³/mol. The fourth-order valence-electron chi connectivity index (χ4n) is 3.79. The summed E-state index contributed by atoms with van der Waals surface area (Å²) in [6.07, 6.45) is 8.71. The first-order valence-corrected chi connectivity index (χ1v) is 10.1. The third-order valence-electron chi connectivity index (χ3n) is 5.38. The van der Waals surface area contributed by atoms with Gasteiger partial charge in [0.2, 0.25) is 5.91 Å². The van der Waals surface area contributed by atoms with E-state index in [0.717, 1.165) is 50.0 Å². The molecule has 7 nitrogen and oxygen atoms in total. The normalized spacial score (nSPS) is 18.8. The lowest BCUT2D eigenvalue weighted by atomic mass is 9.88. The molecule has 0 radical (unpaired) electrons. The highest BCUT2D eigenvalue weighted by Gasteiger charge is 2.24. The van der Waals surface area contributed by atoms with Gasteiger partial charge >= 0.3 is 6.09 Å². The number of aromatic nitrogens is 1. The molecule has 1 aromatic heterocycles. The van der Waals surface area contributed by atoms with E-state index in [1.807, 2.05) is 19.1 Å². The molecule has 2 heterocycles. The van der Waals surface area contributed by atoms with Crippen LogP contribution in [0, 0.1) is 5.92 Å². The summed E-state index contributed by atoms with van der Waals surface area (Å²) in [4.78, 5) is 30.2. The summed E-state index contributed by atoms with van der Waals surface area (Å²) in [7, 11) is 0. The molecule has 148 valence electrons. The lowest BCUT2D eigenvalue weighted by molar-refractivity contribution is -0.120. The third kappa shape index (κ3) is 5.58. The van der Waals surface area contributed by atoms with Crippen molar-refractivity contribution in [1.82, 2.24) is 9.88 Å². The number of anilines is 2. The Morgan fingerprint density at radius 2 is 1.89 bits per heavy atom. The molecule has 1 saturated carbocycles. The number of carbonyl (C=O) groups excluding carboxylic acids is 2. The summed E-state index contributed by atoms with van der Waals surface area (Å²) < 4.78 is 5.04. The number of amides is 2. The SMILES string of the molecule is CCOC(=O)N1CCC(Nc2ccc(NC(=O)C3CCCCC3)cn2)CC1. The summed E-state index contributed by atoms with van der Waals surface area (Å²) in [6, 6.07) is 4.07. The third-order valence-corrected chi connectivity index (χ3v) is 5.38. The minimum absolute atomic E-state index is 0.114. The Bertz CT molecular complexity index is 621. The molecule has 0 unspecified atom stereocenters. The summed E-state index contributed by atoms with van der Waals surface area (Å²) >= 11 is 0. The number of likely N-dealkylation sites (tertiary alicyclic amines) is 1. The van der Waals surface area contributed by atoms with Gasteiger partial charge in [0.1, 0.15) is 5.82 Å². The van der Waals surface area contributed by atoms with E-state index in [1.54, 1.807) is 11.1 Å². The van der Waals surface area contributed by atoms with Crippen molar-refractivity contribution in [3.8, 4) is 0 Å². The highest BCUT2D eigenvalue weighted by Crippen LogP contribution is 2.25. The average molecular weight is 374 g/mol. The summed E-state index contributed by atoms with van der Waals surface area (Å²) in [5.41, 5.74) is 0.744. The van der Waals surface area contributed by atoms with Crippen molar-refractivity contribution in [2.75, 3.05) is 30.3 Å². The van der Waals surface area contributed by atoms with Gasteiger partial charge in [0, 0.05) is 25.0 Å². The van der Waals surface area contributed by atoms with Gasteiger partial charge in [0.25, 0.3) is 0 Å². The first-order chi connectivity index (χ1) is 13.2. The lowest BCUT2D eigenvalue weighted by Crippen LogP contribution is -2.42. The van der Waals surface area contributed by atoms with Crippen LogP contribution in [0.25, 0.3) is 0 Å². The molecule has 1 aliphatic carbocycles. The smallest absolute Gasteiger partial charge is 0.409 e. The van der Waals surface area contributed by atoms with E-state index in [0.29, 0.717) is 19.7 Å². The van der Waals surface area contributed by atoms with Crippen molar-refractivity contribution in [2.45, 2.75) is 57.9 Å². The van der Waals surface area contributed by atoms with Crippen LogP contribution in [0.15, 0.2) is 18.3 Å². The summed E-state index contributed by atoms with van der Waals surface area (Å²) in [6.45, 7) is 3.60. The fraction of sp³-hybridized carbons (Fsp3) is 0.650. The molecule has 2 amide bonds. The maximum atomic E-state index is 12.3. The lowest BCUT2D eigenvalue weighted by Gasteiger charge is -2.31. The van der Waals surface area contributed by atoms with Crippen molar-refractivity contribution in [2.24, 2.45) is 5.92 Å². The van der Waals surface area contributed by atoms with Gasteiger partial charge < -0.3 is 20.3 Å². The summed E-state index contributed by atoms with van der Waals surface area (Å²) in [5.74, 6) is 1.05. The van der Waals surface area contributed by atoms with Crippen LogP contribution in [0.5, 0.6) is 0 Å². The van der Waals surface area contributed by atoms with Gasteiger partial charge in [-0.3, -0.25) is 4.79 Å². The molecule has 27 heavy (non-hydrogen) atoms. The molecule has 3 rings (SSSR count). The zero-order valence-corrected chi connectivity index (χ0v) is 16.1. The Labute approximate surface area is 160 Å². The zero-order chi connectivity index (χ0) is 19.1. The zero-order valence-electron chi connectivity index (χ0n) is 16.1. The van der Waals surface area contributed by atoms with Crippen LogP contribution in [0.4, 0.5) is 16.3 Å². The number of rotatable bonds is 5. The maximum Gasteiger partial charge on any atom is 0.409 e. The molecule has 0 spiro atoms. The Hall–Kier alpha value is -2.31. The molecule has 0 aromatic carbocycles. The van der Waals surface area contributed by atoms with E-state index < -0.39 is 0 Å². The summed E-state index contributed by atoms with van der Waals surface area (Å²) in [5, 5.41) is 6.40. The Morgan fingerprint density at radius 1 is 1.15 bits per heavy atom. The average Bonchev–Trinajstić information content (AvgIpc) is 2.71. The van der Waals surface area contributed by atoms with E-state index in [2.05, 4.69) is 15.6 Å². The van der Waals surface area contributed by atoms with Crippen LogP contribution in [0.1, 0.15) is 51.9 Å². The molecule has 2 N–H and O–H groups in total. The molecule has 1 aromatic rings. The highest BCUT2D eigenvalue weighted by atomic mass is 16.6. The van der Waals surface area contributed by atoms with Crippen LogP contribution >= 0.6 is 0 Å². The Morgan fingerprint density at radius 3 is 2.52 bits per heavy atom. The first kappa shape index (κ1) is 19.5. The second kappa shape index (κ2) is 9.58. The van der Waals surface area contributed by atoms with Gasteiger partial charge in [-0.1, -0.05) is 19.3 Å². The topological polar surface area (TPSA) is 83.6 Å². The van der Waals surface area contributed by atoms with Crippen molar-refractivity contribution in [3.63, 3.8) is 0 Å². The number of nitrogens with one attached hydrogen (secondary N) is 2. The molecule has 1 saturated heterocycles. The van der Waals surface area contributed by atoms with Crippen LogP contribution in [0.2, 0.25) is 0 Å². The molecular formula is C20H30N4O3. The molecule has 7 heteroatoms. The van der Waals surface area contributed by atoms with Crippen molar-refractivity contribution in [1.29, 1.82) is 0 Å². The number of ether oxygens (including phenoxy) is 1. The Kier molecular flexibility index (Phi) is 6.90. The van der Waals surface area contributed by atoms with E-state index in [1.165, 1.54) is 6.42 Å². The van der Waals surface area contributed by atoms with Gasteiger partial charge in [-0.15, -0.1) is 0 Å². The maximum absolute atomic E-state index is 12.3. The number of piperidine rings is 1. The monoisotopic (exact) mass is 374 g/mol. The second-order valence-electron chi connectivity index (χ2n) is 7.36. The number of carbonyl (C=O) groups is 2. The number of hydrogen-bond donors (Lipinski definition) is 2.